The van der Waals surface area contributed by atoms with Crippen LogP contribution in [0.2, 0.25) is 0 Å². The van der Waals surface area contributed by atoms with E-state index in [0.29, 0.717) is 13.1 Å². The molecule has 2 saturated heterocycles. The van der Waals surface area contributed by atoms with Gasteiger partial charge < -0.3 is 4.90 Å². The SMILES string of the molecule is CCCCCCN1CCN(S(=O)(=O)C2CCS(=O)(=O)C2)CC1. The lowest BCUT2D eigenvalue weighted by Gasteiger charge is -2.35. The van der Waals surface area contributed by atoms with Gasteiger partial charge in [-0.3, -0.25) is 0 Å². The van der Waals surface area contributed by atoms with Crippen LogP contribution in [0.25, 0.3) is 0 Å². The lowest BCUT2D eigenvalue weighted by atomic mass is 10.2. The van der Waals surface area contributed by atoms with Crippen molar-refractivity contribution in [1.29, 1.82) is 0 Å². The molecule has 0 aromatic rings. The van der Waals surface area contributed by atoms with Gasteiger partial charge in [0.15, 0.2) is 9.84 Å². The van der Waals surface area contributed by atoms with E-state index in [1.807, 2.05) is 0 Å². The summed E-state index contributed by atoms with van der Waals surface area (Å²) in [6, 6.07) is 0. The van der Waals surface area contributed by atoms with Crippen LogP contribution in [-0.4, -0.2) is 75.5 Å². The van der Waals surface area contributed by atoms with Crippen LogP contribution in [0.3, 0.4) is 0 Å². The number of unbranched alkanes of at least 4 members (excludes halogenated alkanes) is 3. The molecule has 2 aliphatic heterocycles. The summed E-state index contributed by atoms with van der Waals surface area (Å²) in [7, 11) is -6.62. The van der Waals surface area contributed by atoms with Crippen LogP contribution >= 0.6 is 0 Å². The zero-order valence-corrected chi connectivity index (χ0v) is 15.0. The number of piperazine rings is 1. The summed E-state index contributed by atoms with van der Waals surface area (Å²) >= 11 is 0. The van der Waals surface area contributed by atoms with Crippen molar-refractivity contribution in [2.75, 3.05) is 44.2 Å². The Kier molecular flexibility index (Phi) is 6.27. The van der Waals surface area contributed by atoms with E-state index in [0.717, 1.165) is 19.6 Å². The second-order valence-electron chi connectivity index (χ2n) is 6.37. The number of hydrogen-bond acceptors (Lipinski definition) is 5. The molecular formula is C14H28N2O4S2. The highest BCUT2D eigenvalue weighted by molar-refractivity contribution is 7.95. The first kappa shape index (κ1) is 18.2. The van der Waals surface area contributed by atoms with E-state index >= 15 is 0 Å². The second kappa shape index (κ2) is 7.59. The van der Waals surface area contributed by atoms with Gasteiger partial charge in [-0.2, -0.15) is 4.31 Å². The average molecular weight is 353 g/mol. The van der Waals surface area contributed by atoms with E-state index < -0.39 is 25.1 Å². The highest BCUT2D eigenvalue weighted by Crippen LogP contribution is 2.23. The summed E-state index contributed by atoms with van der Waals surface area (Å²) in [5, 5.41) is -0.728. The summed E-state index contributed by atoms with van der Waals surface area (Å²) in [5.41, 5.74) is 0. The van der Waals surface area contributed by atoms with Crippen LogP contribution in [0, 0.1) is 0 Å². The zero-order chi connectivity index (χ0) is 16.2. The molecule has 2 heterocycles. The maximum absolute atomic E-state index is 12.5. The molecule has 0 amide bonds. The Morgan fingerprint density at radius 2 is 1.73 bits per heavy atom. The summed E-state index contributed by atoms with van der Waals surface area (Å²) < 4.78 is 49.6. The molecule has 22 heavy (non-hydrogen) atoms. The summed E-state index contributed by atoms with van der Waals surface area (Å²) in [5.74, 6) is -0.194. The van der Waals surface area contributed by atoms with Crippen molar-refractivity contribution in [2.24, 2.45) is 0 Å². The molecule has 1 atom stereocenters. The van der Waals surface area contributed by atoms with E-state index in [9.17, 15) is 16.8 Å². The van der Waals surface area contributed by atoms with Crippen LogP contribution in [-0.2, 0) is 19.9 Å². The lowest BCUT2D eigenvalue weighted by molar-refractivity contribution is 0.184. The fourth-order valence-electron chi connectivity index (χ4n) is 3.18. The van der Waals surface area contributed by atoms with Crippen molar-refractivity contribution in [3.8, 4) is 0 Å². The molecule has 0 aromatic heterocycles. The highest BCUT2D eigenvalue weighted by Gasteiger charge is 2.41. The van der Waals surface area contributed by atoms with Crippen LogP contribution in [0.5, 0.6) is 0 Å². The molecule has 0 N–H and O–H groups in total. The first-order chi connectivity index (χ1) is 10.3. The van der Waals surface area contributed by atoms with Crippen molar-refractivity contribution in [1.82, 2.24) is 9.21 Å². The normalized spacial score (nSPS) is 27.2. The standard InChI is InChI=1S/C14H28N2O4S2/c1-2-3-4-5-7-15-8-10-16(11-9-15)22(19,20)14-6-12-21(17,18)13-14/h14H,2-13H2,1H3. The molecule has 0 aliphatic carbocycles. The predicted molar refractivity (Wildman–Crippen MR) is 88.1 cm³/mol. The summed E-state index contributed by atoms with van der Waals surface area (Å²) in [6.45, 7) is 5.72. The van der Waals surface area contributed by atoms with E-state index in [2.05, 4.69) is 11.8 Å². The summed E-state index contributed by atoms with van der Waals surface area (Å²) in [4.78, 5) is 2.31. The zero-order valence-electron chi connectivity index (χ0n) is 13.4. The van der Waals surface area contributed by atoms with E-state index in [-0.39, 0.29) is 17.9 Å². The van der Waals surface area contributed by atoms with E-state index in [1.165, 1.54) is 30.0 Å². The minimum atomic E-state index is -3.46. The Labute approximate surface area is 134 Å². The smallest absolute Gasteiger partial charge is 0.218 e. The fourth-order valence-corrected chi connectivity index (χ4v) is 7.69. The number of hydrogen-bond donors (Lipinski definition) is 0. The topological polar surface area (TPSA) is 74.8 Å². The van der Waals surface area contributed by atoms with Crippen molar-refractivity contribution in [2.45, 2.75) is 44.3 Å². The molecule has 0 saturated carbocycles. The third kappa shape index (κ3) is 4.66. The quantitative estimate of drug-likeness (QED) is 0.631. The number of sulfone groups is 1. The summed E-state index contributed by atoms with van der Waals surface area (Å²) in [6.07, 6.45) is 5.12. The third-order valence-corrected chi connectivity index (χ3v) is 8.94. The third-order valence-electron chi connectivity index (χ3n) is 4.63. The number of sulfonamides is 1. The number of nitrogens with zero attached hydrogens (tertiary/aromatic N) is 2. The Bertz CT molecular complexity index is 551. The molecule has 6 nitrogen and oxygen atoms in total. The molecule has 0 radical (unpaired) electrons. The number of rotatable bonds is 7. The molecule has 2 rings (SSSR count). The first-order valence-electron chi connectivity index (χ1n) is 8.27. The van der Waals surface area contributed by atoms with Crippen LogP contribution in [0.15, 0.2) is 0 Å². The molecular weight excluding hydrogens is 324 g/mol. The van der Waals surface area contributed by atoms with Crippen molar-refractivity contribution >= 4 is 19.9 Å². The van der Waals surface area contributed by atoms with Gasteiger partial charge in [-0.05, 0) is 19.4 Å². The Morgan fingerprint density at radius 3 is 2.27 bits per heavy atom. The van der Waals surface area contributed by atoms with Gasteiger partial charge in [0.05, 0.1) is 16.8 Å². The molecule has 8 heteroatoms. The first-order valence-corrected chi connectivity index (χ1v) is 11.6. The van der Waals surface area contributed by atoms with Crippen LogP contribution < -0.4 is 0 Å². The monoisotopic (exact) mass is 352 g/mol. The van der Waals surface area contributed by atoms with Gasteiger partial charge in [-0.15, -0.1) is 0 Å². The molecule has 0 bridgehead atoms. The van der Waals surface area contributed by atoms with Gasteiger partial charge >= 0.3 is 0 Å². The minimum Gasteiger partial charge on any atom is -0.301 e. The lowest BCUT2D eigenvalue weighted by Crippen LogP contribution is -2.51. The van der Waals surface area contributed by atoms with Crippen LogP contribution in [0.1, 0.15) is 39.0 Å². The molecule has 0 spiro atoms. The van der Waals surface area contributed by atoms with E-state index in [4.69, 9.17) is 0 Å². The molecule has 0 aromatic carbocycles. The average Bonchev–Trinajstić information content (AvgIpc) is 2.85. The van der Waals surface area contributed by atoms with Gasteiger partial charge in [0, 0.05) is 26.2 Å². The minimum absolute atomic E-state index is 0.00822. The molecule has 2 fully saturated rings. The maximum Gasteiger partial charge on any atom is 0.218 e. The van der Waals surface area contributed by atoms with Gasteiger partial charge in [0.1, 0.15) is 0 Å². The fraction of sp³-hybridized carbons (Fsp3) is 1.00. The highest BCUT2D eigenvalue weighted by atomic mass is 32.2. The maximum atomic E-state index is 12.5. The van der Waals surface area contributed by atoms with Crippen LogP contribution in [0.4, 0.5) is 0 Å². The predicted octanol–water partition coefficient (Wildman–Crippen LogP) is 0.701. The second-order valence-corrected chi connectivity index (χ2v) is 10.8. The molecule has 2 aliphatic rings. The van der Waals surface area contributed by atoms with Crippen molar-refractivity contribution < 1.29 is 16.8 Å². The van der Waals surface area contributed by atoms with Crippen molar-refractivity contribution in [3.63, 3.8) is 0 Å². The van der Waals surface area contributed by atoms with Gasteiger partial charge in [0.25, 0.3) is 0 Å². The van der Waals surface area contributed by atoms with E-state index in [1.54, 1.807) is 0 Å². The Morgan fingerprint density at radius 1 is 1.05 bits per heavy atom. The van der Waals surface area contributed by atoms with Crippen molar-refractivity contribution in [3.05, 3.63) is 0 Å². The van der Waals surface area contributed by atoms with Gasteiger partial charge in [-0.25, -0.2) is 16.8 Å². The van der Waals surface area contributed by atoms with Gasteiger partial charge in [-0.1, -0.05) is 26.2 Å². The molecule has 130 valence electrons. The van der Waals surface area contributed by atoms with Gasteiger partial charge in [0.2, 0.25) is 10.0 Å². The largest absolute Gasteiger partial charge is 0.301 e. The Balaban J connectivity index is 1.81. The molecule has 1 unspecified atom stereocenters. The Hall–Kier alpha value is -0.180.